The number of hydrogen-bond acceptors (Lipinski definition) is 7. The van der Waals surface area contributed by atoms with Crippen molar-refractivity contribution in [1.82, 2.24) is 24.8 Å². The molecule has 1 aliphatic rings. The number of fused-ring (bicyclic) bond motifs is 1. The molecule has 0 bridgehead atoms. The number of hydrogen-bond donors (Lipinski definition) is 1. The monoisotopic (exact) mass is 487 g/mol. The fourth-order valence-corrected chi connectivity index (χ4v) is 4.28. The second kappa shape index (κ2) is 11.9. The second-order valence-corrected chi connectivity index (χ2v) is 9.43. The Labute approximate surface area is 212 Å². The highest BCUT2D eigenvalue weighted by molar-refractivity contribution is 5.97. The average molecular weight is 488 g/mol. The Morgan fingerprint density at radius 2 is 1.89 bits per heavy atom. The van der Waals surface area contributed by atoms with Crippen molar-refractivity contribution in [2.24, 2.45) is 5.92 Å². The Morgan fingerprint density at radius 1 is 1.17 bits per heavy atom. The molecule has 2 aromatic heterocycles. The van der Waals surface area contributed by atoms with E-state index in [1.165, 1.54) is 6.33 Å². The van der Waals surface area contributed by atoms with Gasteiger partial charge in [-0.25, -0.2) is 15.0 Å². The fourth-order valence-electron chi connectivity index (χ4n) is 4.28. The van der Waals surface area contributed by atoms with Gasteiger partial charge in [-0.15, -0.1) is 0 Å². The molecule has 8 nitrogen and oxygen atoms in total. The van der Waals surface area contributed by atoms with Crippen molar-refractivity contribution in [2.75, 3.05) is 26.7 Å². The molecule has 0 saturated heterocycles. The van der Waals surface area contributed by atoms with Crippen LogP contribution < -0.4 is 4.74 Å². The zero-order chi connectivity index (χ0) is 25.5. The minimum Gasteiger partial charge on any atom is -0.472 e. The van der Waals surface area contributed by atoms with E-state index in [1.54, 1.807) is 23.5 Å². The molecule has 36 heavy (non-hydrogen) atoms. The first-order chi connectivity index (χ1) is 17.4. The standard InChI is InChI=1S/C28H33N5O3/c1-20-15-33(21(2)18-34)28(35)25-11-23(10-9-22-7-5-4-6-8-22)14-31-27(25)36-26(20)17-32(3)16-24-12-29-19-30-13-24/h4-14,19-21,26,34H,15-18H2,1-3H3/t20-,21+,26+/m0/s1. The molecular formula is C28H33N5O3. The maximum absolute atomic E-state index is 13.6. The van der Waals surface area contributed by atoms with Crippen LogP contribution in [0.3, 0.4) is 0 Å². The van der Waals surface area contributed by atoms with Gasteiger partial charge in [0.2, 0.25) is 5.88 Å². The highest BCUT2D eigenvalue weighted by Gasteiger charge is 2.34. The minimum atomic E-state index is -0.325. The summed E-state index contributed by atoms with van der Waals surface area (Å²) in [5, 5.41) is 9.87. The molecule has 3 aromatic rings. The summed E-state index contributed by atoms with van der Waals surface area (Å²) in [6.07, 6.45) is 10.6. The first-order valence-corrected chi connectivity index (χ1v) is 12.2. The van der Waals surface area contributed by atoms with Gasteiger partial charge in [0.05, 0.1) is 12.6 Å². The predicted molar refractivity (Wildman–Crippen MR) is 139 cm³/mol. The molecule has 1 amide bonds. The first kappa shape index (κ1) is 25.5. The quantitative estimate of drug-likeness (QED) is 0.521. The van der Waals surface area contributed by atoms with Gasteiger partial charge in [0.25, 0.3) is 5.91 Å². The molecule has 0 aliphatic carbocycles. The van der Waals surface area contributed by atoms with Crippen molar-refractivity contribution >= 4 is 18.1 Å². The zero-order valence-corrected chi connectivity index (χ0v) is 21.0. The van der Waals surface area contributed by atoms with E-state index in [2.05, 4.69) is 26.8 Å². The average Bonchev–Trinajstić information content (AvgIpc) is 2.90. The van der Waals surface area contributed by atoms with Crippen molar-refractivity contribution in [3.05, 3.63) is 83.6 Å². The van der Waals surface area contributed by atoms with Gasteiger partial charge in [-0.05, 0) is 31.2 Å². The van der Waals surface area contributed by atoms with Crippen LogP contribution in [0.25, 0.3) is 12.2 Å². The van der Waals surface area contributed by atoms with Crippen LogP contribution >= 0.6 is 0 Å². The van der Waals surface area contributed by atoms with Crippen molar-refractivity contribution in [2.45, 2.75) is 32.5 Å². The molecule has 3 atom stereocenters. The summed E-state index contributed by atoms with van der Waals surface area (Å²) in [4.78, 5) is 30.2. The Balaban J connectivity index is 1.61. The summed E-state index contributed by atoms with van der Waals surface area (Å²) in [7, 11) is 2.02. The molecule has 0 radical (unpaired) electrons. The van der Waals surface area contributed by atoms with Crippen LogP contribution in [0.5, 0.6) is 5.88 Å². The number of aliphatic hydroxyl groups is 1. The van der Waals surface area contributed by atoms with E-state index in [1.807, 2.05) is 62.5 Å². The van der Waals surface area contributed by atoms with Crippen LogP contribution in [0.15, 0.2) is 61.3 Å². The van der Waals surface area contributed by atoms with Crippen LogP contribution in [-0.4, -0.2) is 74.7 Å². The summed E-state index contributed by atoms with van der Waals surface area (Å²) in [5.74, 6) is 0.152. The van der Waals surface area contributed by atoms with E-state index in [0.717, 1.165) is 16.7 Å². The van der Waals surface area contributed by atoms with Crippen molar-refractivity contribution < 1.29 is 14.6 Å². The van der Waals surface area contributed by atoms with Crippen molar-refractivity contribution in [1.29, 1.82) is 0 Å². The lowest BCUT2D eigenvalue weighted by molar-refractivity contribution is 0.0325. The van der Waals surface area contributed by atoms with Crippen LogP contribution in [0, 0.1) is 5.92 Å². The third-order valence-corrected chi connectivity index (χ3v) is 6.37. The molecule has 0 fully saturated rings. The number of ether oxygens (including phenoxy) is 1. The number of aromatic nitrogens is 3. The van der Waals surface area contributed by atoms with Crippen molar-refractivity contribution in [3.8, 4) is 5.88 Å². The van der Waals surface area contributed by atoms with Crippen LogP contribution in [-0.2, 0) is 6.54 Å². The molecule has 1 aliphatic heterocycles. The molecule has 1 aromatic carbocycles. The van der Waals surface area contributed by atoms with E-state index >= 15 is 0 Å². The predicted octanol–water partition coefficient (Wildman–Crippen LogP) is 3.39. The highest BCUT2D eigenvalue weighted by Crippen LogP contribution is 2.28. The topological polar surface area (TPSA) is 91.7 Å². The lowest BCUT2D eigenvalue weighted by Gasteiger charge is -2.37. The number of carbonyl (C=O) groups is 1. The molecule has 1 N–H and O–H groups in total. The van der Waals surface area contributed by atoms with Crippen molar-refractivity contribution in [3.63, 3.8) is 0 Å². The number of likely N-dealkylation sites (N-methyl/N-ethyl adjacent to an activating group) is 1. The molecule has 4 rings (SSSR count). The SMILES string of the molecule is C[C@H](CO)N1C[C@H](C)[C@@H](CN(C)Cc2cncnc2)Oc2ncc(C=Cc3ccccc3)cc2C1=O. The summed E-state index contributed by atoms with van der Waals surface area (Å²) >= 11 is 0. The van der Waals surface area contributed by atoms with Gasteiger partial charge in [0.1, 0.15) is 18.0 Å². The molecular weight excluding hydrogens is 454 g/mol. The third-order valence-electron chi connectivity index (χ3n) is 6.37. The van der Waals surface area contributed by atoms with E-state index in [0.29, 0.717) is 31.1 Å². The van der Waals surface area contributed by atoms with Gasteiger partial charge < -0.3 is 14.7 Å². The molecule has 0 saturated carbocycles. The number of nitrogens with zero attached hydrogens (tertiary/aromatic N) is 5. The molecule has 3 heterocycles. The Morgan fingerprint density at radius 3 is 2.61 bits per heavy atom. The van der Waals surface area contributed by atoms with Gasteiger partial charge >= 0.3 is 0 Å². The molecule has 8 heteroatoms. The van der Waals surface area contributed by atoms with Gasteiger partial charge in [-0.3, -0.25) is 9.69 Å². The Hall–Kier alpha value is -3.62. The van der Waals surface area contributed by atoms with Crippen LogP contribution in [0.4, 0.5) is 0 Å². The molecule has 188 valence electrons. The lowest BCUT2D eigenvalue weighted by Crippen LogP contribution is -2.49. The summed E-state index contributed by atoms with van der Waals surface area (Å²) in [6.45, 7) is 5.58. The number of amides is 1. The van der Waals surface area contributed by atoms with E-state index in [4.69, 9.17) is 4.74 Å². The fraction of sp³-hybridized carbons (Fsp3) is 0.357. The highest BCUT2D eigenvalue weighted by atomic mass is 16.5. The van der Waals surface area contributed by atoms with Gasteiger partial charge in [-0.1, -0.05) is 49.4 Å². The van der Waals surface area contributed by atoms with Gasteiger partial charge in [-0.2, -0.15) is 0 Å². The number of carbonyl (C=O) groups excluding carboxylic acids is 1. The minimum absolute atomic E-state index is 0.0185. The van der Waals surface area contributed by atoms with E-state index in [9.17, 15) is 9.90 Å². The molecule has 0 unspecified atom stereocenters. The van der Waals surface area contributed by atoms with Crippen LogP contribution in [0.2, 0.25) is 0 Å². The smallest absolute Gasteiger partial charge is 0.259 e. The Kier molecular flexibility index (Phi) is 8.40. The number of benzene rings is 1. The van der Waals surface area contributed by atoms with Gasteiger partial charge in [0.15, 0.2) is 0 Å². The maximum Gasteiger partial charge on any atom is 0.259 e. The lowest BCUT2D eigenvalue weighted by atomic mass is 9.99. The summed E-state index contributed by atoms with van der Waals surface area (Å²) in [6, 6.07) is 11.5. The number of aliphatic hydroxyl groups excluding tert-OH is 1. The number of rotatable bonds is 8. The first-order valence-electron chi connectivity index (χ1n) is 12.2. The maximum atomic E-state index is 13.6. The van der Waals surface area contributed by atoms with Gasteiger partial charge in [0, 0.05) is 49.7 Å². The number of pyridine rings is 1. The van der Waals surface area contributed by atoms with E-state index < -0.39 is 0 Å². The summed E-state index contributed by atoms with van der Waals surface area (Å²) < 4.78 is 6.39. The third kappa shape index (κ3) is 6.33. The zero-order valence-electron chi connectivity index (χ0n) is 21.0. The summed E-state index contributed by atoms with van der Waals surface area (Å²) in [5.41, 5.74) is 3.28. The van der Waals surface area contributed by atoms with E-state index in [-0.39, 0.29) is 30.6 Å². The molecule has 0 spiro atoms. The largest absolute Gasteiger partial charge is 0.472 e. The normalized spacial score (nSPS) is 19.0. The second-order valence-electron chi connectivity index (χ2n) is 9.43. The van der Waals surface area contributed by atoms with Crippen LogP contribution in [0.1, 0.15) is 40.9 Å². The Bertz CT molecular complexity index is 1170.